The Labute approximate surface area is 114 Å². The van der Waals surface area contributed by atoms with E-state index in [0.717, 1.165) is 19.5 Å². The summed E-state index contributed by atoms with van der Waals surface area (Å²) in [7, 11) is 1.94. The van der Waals surface area contributed by atoms with E-state index >= 15 is 0 Å². The zero-order chi connectivity index (χ0) is 13.8. The number of carbonyl (C=O) groups is 1. The lowest BCUT2D eigenvalue weighted by Gasteiger charge is -2.19. The van der Waals surface area contributed by atoms with E-state index in [1.807, 2.05) is 28.9 Å². The first-order chi connectivity index (χ1) is 9.06. The molecule has 2 heterocycles. The zero-order valence-electron chi connectivity index (χ0n) is 11.9. The van der Waals surface area contributed by atoms with Crippen LogP contribution in [0.1, 0.15) is 26.3 Å². The van der Waals surface area contributed by atoms with Crippen LogP contribution in [-0.4, -0.2) is 53.3 Å². The first kappa shape index (κ1) is 14.0. The van der Waals surface area contributed by atoms with E-state index in [2.05, 4.69) is 29.6 Å². The molecule has 1 atom stereocenters. The predicted molar refractivity (Wildman–Crippen MR) is 75.1 cm³/mol. The molecule has 106 valence electrons. The third-order valence-corrected chi connectivity index (χ3v) is 3.56. The molecule has 1 fully saturated rings. The molecule has 19 heavy (non-hydrogen) atoms. The predicted octanol–water partition coefficient (Wildman–Crippen LogP) is 0.696. The fraction of sp³-hybridized carbons (Fsp3) is 0.692. The molecular formula is C13H23N5O. The summed E-state index contributed by atoms with van der Waals surface area (Å²) < 4.78 is 1.93. The van der Waals surface area contributed by atoms with Crippen LogP contribution in [0.5, 0.6) is 0 Å². The van der Waals surface area contributed by atoms with Gasteiger partial charge in [-0.15, -0.1) is 0 Å². The van der Waals surface area contributed by atoms with Crippen molar-refractivity contribution in [1.29, 1.82) is 0 Å². The maximum absolute atomic E-state index is 11.8. The summed E-state index contributed by atoms with van der Waals surface area (Å²) in [6, 6.07) is 2.61. The molecule has 0 radical (unpaired) electrons. The molecule has 1 aliphatic heterocycles. The lowest BCUT2D eigenvalue weighted by molar-refractivity contribution is -0.117. The number of nitrogens with one attached hydrogen (secondary N) is 2. The maximum atomic E-state index is 11.8. The van der Waals surface area contributed by atoms with Crippen LogP contribution in [0.2, 0.25) is 0 Å². The lowest BCUT2D eigenvalue weighted by Crippen LogP contribution is -2.34. The minimum absolute atomic E-state index is 0.0222. The Hall–Kier alpha value is -1.40. The molecule has 1 amide bonds. The molecule has 0 spiro atoms. The highest BCUT2D eigenvalue weighted by molar-refractivity contribution is 5.91. The van der Waals surface area contributed by atoms with Gasteiger partial charge in [0.2, 0.25) is 5.91 Å². The lowest BCUT2D eigenvalue weighted by atomic mass is 10.3. The maximum Gasteiger partial charge on any atom is 0.239 e. The molecule has 1 aromatic heterocycles. The van der Waals surface area contributed by atoms with Crippen molar-refractivity contribution in [2.45, 2.75) is 32.4 Å². The summed E-state index contributed by atoms with van der Waals surface area (Å²) in [5.41, 5.74) is 0. The fourth-order valence-corrected chi connectivity index (χ4v) is 2.06. The van der Waals surface area contributed by atoms with E-state index in [-0.39, 0.29) is 5.91 Å². The van der Waals surface area contributed by atoms with Gasteiger partial charge in [-0.2, -0.15) is 5.10 Å². The van der Waals surface area contributed by atoms with Gasteiger partial charge in [-0.1, -0.05) is 0 Å². The van der Waals surface area contributed by atoms with Gasteiger partial charge >= 0.3 is 0 Å². The highest BCUT2D eigenvalue weighted by Gasteiger charge is 2.17. The molecule has 2 N–H and O–H groups in total. The Balaban J connectivity index is 1.87. The molecule has 0 bridgehead atoms. The van der Waals surface area contributed by atoms with E-state index in [0.29, 0.717) is 24.4 Å². The second-order valence-electron chi connectivity index (χ2n) is 5.38. The summed E-state index contributed by atoms with van der Waals surface area (Å²) in [6.07, 6.45) is 3.02. The van der Waals surface area contributed by atoms with Crippen molar-refractivity contribution < 1.29 is 4.79 Å². The molecule has 1 aliphatic rings. The van der Waals surface area contributed by atoms with Gasteiger partial charge in [0.05, 0.1) is 12.6 Å². The molecule has 1 aromatic rings. The Morgan fingerprint density at radius 1 is 1.68 bits per heavy atom. The van der Waals surface area contributed by atoms with Gasteiger partial charge in [-0.05, 0) is 33.9 Å². The summed E-state index contributed by atoms with van der Waals surface area (Å²) in [4.78, 5) is 13.8. The van der Waals surface area contributed by atoms with E-state index in [9.17, 15) is 4.79 Å². The Kier molecular flexibility index (Phi) is 4.55. The van der Waals surface area contributed by atoms with Crippen molar-refractivity contribution in [2.75, 3.05) is 32.0 Å². The van der Waals surface area contributed by atoms with Gasteiger partial charge in [-0.3, -0.25) is 14.4 Å². The molecular weight excluding hydrogens is 242 g/mol. The number of hydrogen-bond acceptors (Lipinski definition) is 4. The van der Waals surface area contributed by atoms with Crippen LogP contribution in [0.4, 0.5) is 5.82 Å². The molecule has 0 aromatic carbocycles. The van der Waals surface area contributed by atoms with Crippen LogP contribution < -0.4 is 10.6 Å². The largest absolute Gasteiger partial charge is 0.315 e. The molecule has 1 saturated heterocycles. The summed E-state index contributed by atoms with van der Waals surface area (Å²) >= 11 is 0. The number of aromatic nitrogens is 2. The first-order valence-corrected chi connectivity index (χ1v) is 6.82. The van der Waals surface area contributed by atoms with Crippen molar-refractivity contribution >= 4 is 11.7 Å². The number of carbonyl (C=O) groups excluding carboxylic acids is 1. The van der Waals surface area contributed by atoms with Crippen molar-refractivity contribution in [3.05, 3.63) is 12.3 Å². The highest BCUT2D eigenvalue weighted by Crippen LogP contribution is 2.15. The number of nitrogens with zero attached hydrogens (tertiary/aromatic N) is 3. The zero-order valence-corrected chi connectivity index (χ0v) is 11.9. The minimum Gasteiger partial charge on any atom is -0.315 e. The van der Waals surface area contributed by atoms with Crippen LogP contribution in [0.3, 0.4) is 0 Å². The van der Waals surface area contributed by atoms with E-state index in [1.54, 1.807) is 0 Å². The fourth-order valence-electron chi connectivity index (χ4n) is 2.06. The molecule has 0 unspecified atom stereocenters. The van der Waals surface area contributed by atoms with E-state index in [4.69, 9.17) is 0 Å². The number of anilines is 1. The van der Waals surface area contributed by atoms with Crippen LogP contribution >= 0.6 is 0 Å². The minimum atomic E-state index is -0.0222. The normalized spacial score (nSPS) is 19.3. The van der Waals surface area contributed by atoms with Gasteiger partial charge < -0.3 is 10.6 Å². The monoisotopic (exact) mass is 265 g/mol. The van der Waals surface area contributed by atoms with Gasteiger partial charge in [0.25, 0.3) is 0 Å². The summed E-state index contributed by atoms with van der Waals surface area (Å²) in [5.74, 6) is 0.611. The van der Waals surface area contributed by atoms with Crippen molar-refractivity contribution in [3.8, 4) is 0 Å². The van der Waals surface area contributed by atoms with Gasteiger partial charge in [0.1, 0.15) is 0 Å². The van der Waals surface area contributed by atoms with Crippen molar-refractivity contribution in [3.63, 3.8) is 0 Å². The van der Waals surface area contributed by atoms with Crippen LogP contribution in [-0.2, 0) is 4.79 Å². The standard InChI is InChI=1S/C13H23N5O/c1-10(2)17(3)9-13(19)15-12-5-7-18(16-12)11-4-6-14-8-11/h5,7,10-11,14H,4,6,8-9H2,1-3H3,(H,15,16,19)/t11-/m1/s1. The average molecular weight is 265 g/mol. The van der Waals surface area contributed by atoms with Crippen LogP contribution in [0.15, 0.2) is 12.3 Å². The Morgan fingerprint density at radius 3 is 3.11 bits per heavy atom. The second kappa shape index (κ2) is 6.16. The van der Waals surface area contributed by atoms with Crippen LogP contribution in [0.25, 0.3) is 0 Å². The Bertz CT molecular complexity index is 422. The molecule has 6 heteroatoms. The third-order valence-electron chi connectivity index (χ3n) is 3.56. The molecule has 0 aliphatic carbocycles. The highest BCUT2D eigenvalue weighted by atomic mass is 16.2. The van der Waals surface area contributed by atoms with Crippen molar-refractivity contribution in [1.82, 2.24) is 20.0 Å². The third kappa shape index (κ3) is 3.78. The van der Waals surface area contributed by atoms with Crippen molar-refractivity contribution in [2.24, 2.45) is 0 Å². The smallest absolute Gasteiger partial charge is 0.239 e. The van der Waals surface area contributed by atoms with Gasteiger partial charge in [-0.25, -0.2) is 0 Å². The number of hydrogen-bond donors (Lipinski definition) is 2. The van der Waals surface area contributed by atoms with Gasteiger partial charge in [0.15, 0.2) is 5.82 Å². The quantitative estimate of drug-likeness (QED) is 0.822. The SMILES string of the molecule is CC(C)N(C)CC(=O)Nc1ccn([C@@H]2CCNC2)n1. The summed E-state index contributed by atoms with van der Waals surface area (Å²) in [5, 5.41) is 10.6. The topological polar surface area (TPSA) is 62.2 Å². The van der Waals surface area contributed by atoms with Gasteiger partial charge in [0, 0.05) is 24.8 Å². The second-order valence-corrected chi connectivity index (χ2v) is 5.38. The molecule has 0 saturated carbocycles. The Morgan fingerprint density at radius 2 is 2.47 bits per heavy atom. The average Bonchev–Trinajstić information content (AvgIpc) is 2.97. The van der Waals surface area contributed by atoms with E-state index < -0.39 is 0 Å². The first-order valence-electron chi connectivity index (χ1n) is 6.82. The van der Waals surface area contributed by atoms with E-state index in [1.165, 1.54) is 0 Å². The molecule has 2 rings (SSSR count). The number of amides is 1. The molecule has 6 nitrogen and oxygen atoms in total. The number of likely N-dealkylation sites (N-methyl/N-ethyl adjacent to an activating group) is 1. The number of rotatable bonds is 5. The van der Waals surface area contributed by atoms with Crippen LogP contribution in [0, 0.1) is 0 Å². The summed E-state index contributed by atoms with van der Waals surface area (Å²) in [6.45, 7) is 6.50.